The molecule has 0 saturated carbocycles. The van der Waals surface area contributed by atoms with Crippen LogP contribution in [0.3, 0.4) is 0 Å². The third-order valence-corrected chi connectivity index (χ3v) is 0.577. The second-order valence-electron chi connectivity index (χ2n) is 1.27. The molecule has 0 atom stereocenters. The highest BCUT2D eigenvalue weighted by molar-refractivity contribution is 4.07. The van der Waals surface area contributed by atoms with E-state index in [9.17, 15) is 0 Å². The van der Waals surface area contributed by atoms with Crippen molar-refractivity contribution in [2.24, 2.45) is 0 Å². The molecule has 0 aliphatic heterocycles. The molecular formula is C4H11O+. The molecule has 0 aromatic carbocycles. The maximum absolute atomic E-state index is 2.75. The van der Waals surface area contributed by atoms with Gasteiger partial charge in [-0.2, -0.15) is 0 Å². The maximum atomic E-state index is 2.75. The van der Waals surface area contributed by atoms with Gasteiger partial charge in [-0.3, -0.25) is 0 Å². The van der Waals surface area contributed by atoms with Crippen LogP contribution in [0.4, 0.5) is 0 Å². The van der Waals surface area contributed by atoms with Crippen molar-refractivity contribution in [1.29, 1.82) is 0 Å². The Kier molecular flexibility index (Phi) is 2.19. The number of rotatable bonds is 1. The fraction of sp³-hybridized carbons (Fsp3) is 1.00. The average Bonchev–Trinajstić information content (AvgIpc) is 1.38. The summed E-state index contributed by atoms with van der Waals surface area (Å²) >= 11 is 0. The van der Waals surface area contributed by atoms with Gasteiger partial charge in [0.05, 0.1) is 0 Å². The molecule has 0 aliphatic carbocycles. The van der Waals surface area contributed by atoms with E-state index in [0.29, 0.717) is 0 Å². The second-order valence-corrected chi connectivity index (χ2v) is 1.27. The monoisotopic (exact) mass is 75.1 g/mol. The second kappa shape index (κ2) is 2.21. The Bertz CT molecular complexity index is 17.6. The van der Waals surface area contributed by atoms with Gasteiger partial charge < -0.3 is 4.37 Å². The molecule has 0 aliphatic rings. The Morgan fingerprint density at radius 3 is 1.60 bits per heavy atom. The van der Waals surface area contributed by atoms with Crippen LogP contribution >= 0.6 is 0 Å². The van der Waals surface area contributed by atoms with E-state index in [1.807, 2.05) is 14.2 Å². The first kappa shape index (κ1) is 4.96. The summed E-state index contributed by atoms with van der Waals surface area (Å²) in [5, 5.41) is 0. The smallest absolute Gasteiger partial charge is 0.142 e. The van der Waals surface area contributed by atoms with E-state index in [1.54, 1.807) is 0 Å². The zero-order valence-corrected chi connectivity index (χ0v) is 4.12. The topological polar surface area (TPSA) is 2.70 Å². The molecule has 0 saturated heterocycles. The van der Waals surface area contributed by atoms with E-state index in [0.717, 1.165) is 6.61 Å². The Morgan fingerprint density at radius 2 is 1.60 bits per heavy atom. The molecule has 0 radical (unpaired) electrons. The molecule has 0 N–H and O–H groups in total. The normalized spacial score (nSPS) is 9.60. The van der Waals surface area contributed by atoms with E-state index in [1.165, 1.54) is 0 Å². The molecule has 5 heavy (non-hydrogen) atoms. The first-order valence-corrected chi connectivity index (χ1v) is 1.81. The third kappa shape index (κ3) is 3.96. The predicted molar refractivity (Wildman–Crippen MR) is 23.5 cm³/mol. The van der Waals surface area contributed by atoms with Gasteiger partial charge in [-0.1, -0.05) is 0 Å². The van der Waals surface area contributed by atoms with E-state index in [4.69, 9.17) is 0 Å². The van der Waals surface area contributed by atoms with Crippen LogP contribution in [-0.4, -0.2) is 20.8 Å². The lowest BCUT2D eigenvalue weighted by Gasteiger charge is -1.98. The molecule has 0 spiro atoms. The highest BCUT2D eigenvalue weighted by Crippen LogP contribution is 1.73. The van der Waals surface area contributed by atoms with Crippen molar-refractivity contribution in [3.63, 3.8) is 0 Å². The molecule has 0 aromatic rings. The number of hydrogen-bond donors (Lipinski definition) is 0. The molecule has 1 heteroatoms. The Hall–Kier alpha value is -0.0400. The highest BCUT2D eigenvalue weighted by atomic mass is 16.7. The fourth-order valence-electron chi connectivity index (χ4n) is 0. The van der Waals surface area contributed by atoms with Crippen molar-refractivity contribution in [2.75, 3.05) is 20.8 Å². The van der Waals surface area contributed by atoms with Crippen molar-refractivity contribution >= 4 is 0 Å². The summed E-state index contributed by atoms with van der Waals surface area (Å²) in [6.07, 6.45) is 0. The van der Waals surface area contributed by atoms with Gasteiger partial charge in [0.2, 0.25) is 0 Å². The highest BCUT2D eigenvalue weighted by Gasteiger charge is 1.76. The van der Waals surface area contributed by atoms with Crippen molar-refractivity contribution in [1.82, 2.24) is 0 Å². The van der Waals surface area contributed by atoms with Crippen LogP contribution in [-0.2, 0) is 4.37 Å². The maximum Gasteiger partial charge on any atom is 0.142 e. The van der Waals surface area contributed by atoms with Crippen LogP contribution in [0.15, 0.2) is 0 Å². The van der Waals surface area contributed by atoms with Gasteiger partial charge in [0.25, 0.3) is 0 Å². The lowest BCUT2D eigenvalue weighted by Crippen LogP contribution is -1.97. The van der Waals surface area contributed by atoms with E-state index in [2.05, 4.69) is 11.3 Å². The van der Waals surface area contributed by atoms with Gasteiger partial charge in [0, 0.05) is 6.92 Å². The van der Waals surface area contributed by atoms with Crippen LogP contribution in [0.1, 0.15) is 6.92 Å². The van der Waals surface area contributed by atoms with Crippen LogP contribution in [0.5, 0.6) is 0 Å². The summed E-state index contributed by atoms with van der Waals surface area (Å²) in [7, 11) is 3.94. The summed E-state index contributed by atoms with van der Waals surface area (Å²) in [6.45, 7) is 3.14. The molecule has 1 nitrogen and oxygen atoms in total. The molecule has 0 bridgehead atoms. The first-order valence-electron chi connectivity index (χ1n) is 1.81. The Labute approximate surface area is 33.3 Å². The summed E-state index contributed by atoms with van der Waals surface area (Å²) < 4.78 is 2.75. The molecule has 0 heterocycles. The quantitative estimate of drug-likeness (QED) is 0.406. The minimum atomic E-state index is 1.06. The molecule has 0 rings (SSSR count). The Morgan fingerprint density at radius 1 is 1.40 bits per heavy atom. The minimum Gasteiger partial charge on any atom is -0.427 e. The van der Waals surface area contributed by atoms with Crippen molar-refractivity contribution in [2.45, 2.75) is 6.92 Å². The van der Waals surface area contributed by atoms with Crippen LogP contribution in [0.2, 0.25) is 0 Å². The standard InChI is InChI=1S/C4H11O/c1-4-5(2)3/h4H2,1-3H3/q+1. The molecule has 0 aromatic heterocycles. The summed E-state index contributed by atoms with van der Waals surface area (Å²) in [5.74, 6) is 0. The molecular weight excluding hydrogens is 64.0 g/mol. The molecule has 0 amide bonds. The van der Waals surface area contributed by atoms with Gasteiger partial charge >= 0.3 is 0 Å². The predicted octanol–water partition coefficient (Wildman–Crippen LogP) is 0.818. The lowest BCUT2D eigenvalue weighted by atomic mass is 10.9. The fourth-order valence-corrected chi connectivity index (χ4v) is 0. The molecule has 32 valence electrons. The Balaban J connectivity index is 2.54. The zero-order valence-electron chi connectivity index (χ0n) is 4.12. The van der Waals surface area contributed by atoms with E-state index < -0.39 is 0 Å². The van der Waals surface area contributed by atoms with Crippen LogP contribution in [0, 0.1) is 0 Å². The average molecular weight is 75.1 g/mol. The number of hydrogen-bond acceptors (Lipinski definition) is 0. The third-order valence-electron chi connectivity index (χ3n) is 0.577. The van der Waals surface area contributed by atoms with Crippen LogP contribution < -0.4 is 0 Å². The lowest BCUT2D eigenvalue weighted by molar-refractivity contribution is -0.0447. The molecule has 0 unspecified atom stereocenters. The van der Waals surface area contributed by atoms with E-state index in [-0.39, 0.29) is 0 Å². The van der Waals surface area contributed by atoms with Crippen molar-refractivity contribution < 1.29 is 4.37 Å². The van der Waals surface area contributed by atoms with Gasteiger partial charge in [-0.05, 0) is 0 Å². The van der Waals surface area contributed by atoms with Gasteiger partial charge in [0.15, 0.2) is 0 Å². The van der Waals surface area contributed by atoms with Crippen molar-refractivity contribution in [3.8, 4) is 0 Å². The summed E-state index contributed by atoms with van der Waals surface area (Å²) in [5.41, 5.74) is 0. The van der Waals surface area contributed by atoms with Crippen LogP contribution in [0.25, 0.3) is 0 Å². The summed E-state index contributed by atoms with van der Waals surface area (Å²) in [4.78, 5) is 0. The minimum absolute atomic E-state index is 1.06. The zero-order chi connectivity index (χ0) is 4.28. The van der Waals surface area contributed by atoms with Gasteiger partial charge in [-0.25, -0.2) is 0 Å². The van der Waals surface area contributed by atoms with Gasteiger partial charge in [-0.15, -0.1) is 0 Å². The summed E-state index contributed by atoms with van der Waals surface area (Å²) in [6, 6.07) is 0. The van der Waals surface area contributed by atoms with E-state index >= 15 is 0 Å². The first-order chi connectivity index (χ1) is 2.27. The largest absolute Gasteiger partial charge is 0.427 e. The molecule has 0 fully saturated rings. The van der Waals surface area contributed by atoms with Crippen molar-refractivity contribution in [3.05, 3.63) is 0 Å². The van der Waals surface area contributed by atoms with Gasteiger partial charge in [0.1, 0.15) is 20.8 Å². The SMILES string of the molecule is CC[O+](C)C.